The van der Waals surface area contributed by atoms with E-state index in [4.69, 9.17) is 11.6 Å². The highest BCUT2D eigenvalue weighted by molar-refractivity contribution is 6.30. The molecule has 4 aromatic rings. The molecule has 1 aliphatic heterocycles. The standard InChI is InChI=1S/C19H13ClN4/c20-13-7-5-12(6-8-13)17-15-9-10-24-19(15)18(21-11-22-24)14-3-1-2-4-16(14)23-17/h1-11,17,23H. The number of benzene rings is 2. The monoisotopic (exact) mass is 332 g/mol. The fourth-order valence-electron chi connectivity index (χ4n) is 3.38. The quantitative estimate of drug-likeness (QED) is 0.555. The molecule has 0 saturated heterocycles. The predicted molar refractivity (Wildman–Crippen MR) is 95.3 cm³/mol. The van der Waals surface area contributed by atoms with Crippen LogP contribution in [0.1, 0.15) is 17.2 Å². The summed E-state index contributed by atoms with van der Waals surface area (Å²) in [5.74, 6) is 0. The zero-order valence-electron chi connectivity index (χ0n) is 12.6. The number of hydrogen-bond donors (Lipinski definition) is 1. The van der Waals surface area contributed by atoms with E-state index in [9.17, 15) is 0 Å². The molecule has 0 saturated carbocycles. The zero-order valence-corrected chi connectivity index (χ0v) is 13.4. The molecule has 0 amide bonds. The van der Waals surface area contributed by atoms with Gasteiger partial charge in [0, 0.05) is 28.0 Å². The molecule has 0 bridgehead atoms. The Bertz CT molecular complexity index is 1050. The Morgan fingerprint density at radius 1 is 1.00 bits per heavy atom. The van der Waals surface area contributed by atoms with Crippen molar-refractivity contribution in [3.8, 4) is 11.3 Å². The fourth-order valence-corrected chi connectivity index (χ4v) is 3.50. The average Bonchev–Trinajstić information content (AvgIpc) is 2.98. The third kappa shape index (κ3) is 1.93. The summed E-state index contributed by atoms with van der Waals surface area (Å²) >= 11 is 6.06. The van der Waals surface area contributed by atoms with Crippen LogP contribution in [0.4, 0.5) is 5.69 Å². The average molecular weight is 333 g/mol. The van der Waals surface area contributed by atoms with Crippen molar-refractivity contribution in [2.75, 3.05) is 5.32 Å². The minimum atomic E-state index is 0.0145. The Kier molecular flexibility index (Phi) is 2.87. The number of rotatable bonds is 1. The minimum absolute atomic E-state index is 0.0145. The van der Waals surface area contributed by atoms with Gasteiger partial charge in [0.25, 0.3) is 0 Å². The van der Waals surface area contributed by atoms with Crippen molar-refractivity contribution in [2.45, 2.75) is 6.04 Å². The van der Waals surface area contributed by atoms with Crippen LogP contribution in [0.15, 0.2) is 67.1 Å². The Morgan fingerprint density at radius 2 is 1.83 bits per heavy atom. The SMILES string of the molecule is Clc1ccc(C2Nc3ccccc3-c3ncnn4ccc2c34)cc1. The molecule has 1 atom stereocenters. The lowest BCUT2D eigenvalue weighted by Crippen LogP contribution is -2.11. The molecule has 5 heteroatoms. The summed E-state index contributed by atoms with van der Waals surface area (Å²) in [4.78, 5) is 4.56. The molecule has 1 N–H and O–H groups in total. The fraction of sp³-hybridized carbons (Fsp3) is 0.0526. The van der Waals surface area contributed by atoms with Gasteiger partial charge in [-0.15, -0.1) is 0 Å². The van der Waals surface area contributed by atoms with Crippen molar-refractivity contribution in [3.05, 3.63) is 83.3 Å². The Labute approximate surface area is 143 Å². The molecule has 0 fully saturated rings. The summed E-state index contributed by atoms with van der Waals surface area (Å²) in [6, 6.07) is 18.3. The summed E-state index contributed by atoms with van der Waals surface area (Å²) in [5.41, 5.74) is 6.44. The summed E-state index contributed by atoms with van der Waals surface area (Å²) in [5, 5.41) is 8.76. The summed E-state index contributed by atoms with van der Waals surface area (Å²) < 4.78 is 1.89. The first kappa shape index (κ1) is 13.6. The third-order valence-corrected chi connectivity index (χ3v) is 4.73. The molecule has 1 unspecified atom stereocenters. The van der Waals surface area contributed by atoms with Crippen LogP contribution in [-0.4, -0.2) is 14.6 Å². The van der Waals surface area contributed by atoms with E-state index in [1.807, 2.05) is 35.0 Å². The normalized spacial score (nSPS) is 15.6. The van der Waals surface area contributed by atoms with Gasteiger partial charge in [0.1, 0.15) is 12.0 Å². The number of para-hydroxylation sites is 1. The van der Waals surface area contributed by atoms with E-state index in [2.05, 4.69) is 45.7 Å². The highest BCUT2D eigenvalue weighted by atomic mass is 35.5. The minimum Gasteiger partial charge on any atom is -0.374 e. The maximum atomic E-state index is 6.06. The van der Waals surface area contributed by atoms with Crippen molar-refractivity contribution in [1.29, 1.82) is 0 Å². The maximum Gasteiger partial charge on any atom is 0.137 e. The molecule has 4 nitrogen and oxygen atoms in total. The van der Waals surface area contributed by atoms with Gasteiger partial charge in [0.15, 0.2) is 0 Å². The third-order valence-electron chi connectivity index (χ3n) is 4.48. The van der Waals surface area contributed by atoms with Gasteiger partial charge in [-0.3, -0.25) is 0 Å². The van der Waals surface area contributed by atoms with E-state index >= 15 is 0 Å². The molecule has 0 radical (unpaired) electrons. The largest absolute Gasteiger partial charge is 0.374 e. The lowest BCUT2D eigenvalue weighted by atomic mass is 10.00. The van der Waals surface area contributed by atoms with Crippen molar-refractivity contribution in [3.63, 3.8) is 0 Å². The van der Waals surface area contributed by atoms with E-state index in [-0.39, 0.29) is 6.04 Å². The molecule has 116 valence electrons. The van der Waals surface area contributed by atoms with Crippen LogP contribution in [0, 0.1) is 0 Å². The highest BCUT2D eigenvalue weighted by Gasteiger charge is 2.26. The first-order valence-corrected chi connectivity index (χ1v) is 8.13. The van der Waals surface area contributed by atoms with Crippen LogP contribution in [0.5, 0.6) is 0 Å². The van der Waals surface area contributed by atoms with Gasteiger partial charge in [0.05, 0.1) is 11.6 Å². The van der Waals surface area contributed by atoms with E-state index in [0.717, 1.165) is 38.6 Å². The van der Waals surface area contributed by atoms with Crippen LogP contribution in [-0.2, 0) is 0 Å². The van der Waals surface area contributed by atoms with Crippen LogP contribution in [0.2, 0.25) is 5.02 Å². The second-order valence-electron chi connectivity index (χ2n) is 5.85. The van der Waals surface area contributed by atoms with Gasteiger partial charge in [-0.05, 0) is 29.8 Å². The number of halogens is 1. The second-order valence-corrected chi connectivity index (χ2v) is 6.28. The molecular formula is C19H13ClN4. The molecular weight excluding hydrogens is 320 g/mol. The molecule has 2 aromatic heterocycles. The van der Waals surface area contributed by atoms with Gasteiger partial charge in [-0.25, -0.2) is 9.50 Å². The topological polar surface area (TPSA) is 42.2 Å². The number of nitrogens with zero attached hydrogens (tertiary/aromatic N) is 3. The lowest BCUT2D eigenvalue weighted by Gasteiger charge is -2.19. The maximum absolute atomic E-state index is 6.06. The summed E-state index contributed by atoms with van der Waals surface area (Å²) in [6.45, 7) is 0. The summed E-state index contributed by atoms with van der Waals surface area (Å²) in [7, 11) is 0. The Balaban J connectivity index is 1.83. The van der Waals surface area contributed by atoms with Gasteiger partial charge >= 0.3 is 0 Å². The smallest absolute Gasteiger partial charge is 0.137 e. The van der Waals surface area contributed by atoms with E-state index in [1.165, 1.54) is 0 Å². The highest BCUT2D eigenvalue weighted by Crippen LogP contribution is 2.41. The zero-order chi connectivity index (χ0) is 16.1. The number of fused-ring (bicyclic) bond motifs is 2. The molecule has 3 heterocycles. The number of aromatic nitrogens is 3. The van der Waals surface area contributed by atoms with Gasteiger partial charge in [0.2, 0.25) is 0 Å². The molecule has 0 spiro atoms. The number of nitrogens with one attached hydrogen (secondary N) is 1. The van der Waals surface area contributed by atoms with Crippen molar-refractivity contribution >= 4 is 22.8 Å². The van der Waals surface area contributed by atoms with Crippen molar-refractivity contribution in [2.24, 2.45) is 0 Å². The first-order valence-electron chi connectivity index (χ1n) is 7.75. The van der Waals surface area contributed by atoms with Gasteiger partial charge in [-0.1, -0.05) is 41.9 Å². The molecule has 24 heavy (non-hydrogen) atoms. The van der Waals surface area contributed by atoms with E-state index in [0.29, 0.717) is 0 Å². The lowest BCUT2D eigenvalue weighted by molar-refractivity contribution is 0.899. The van der Waals surface area contributed by atoms with E-state index < -0.39 is 0 Å². The van der Waals surface area contributed by atoms with Crippen LogP contribution < -0.4 is 5.32 Å². The molecule has 5 rings (SSSR count). The van der Waals surface area contributed by atoms with Crippen molar-refractivity contribution in [1.82, 2.24) is 14.6 Å². The molecule has 0 aliphatic carbocycles. The second kappa shape index (κ2) is 5.08. The van der Waals surface area contributed by atoms with Gasteiger partial charge in [-0.2, -0.15) is 5.10 Å². The number of anilines is 1. The van der Waals surface area contributed by atoms with Crippen LogP contribution >= 0.6 is 11.6 Å². The van der Waals surface area contributed by atoms with E-state index in [1.54, 1.807) is 6.33 Å². The van der Waals surface area contributed by atoms with Crippen LogP contribution in [0.25, 0.3) is 16.8 Å². The first-order chi connectivity index (χ1) is 11.8. The van der Waals surface area contributed by atoms with Crippen LogP contribution in [0.3, 0.4) is 0 Å². The predicted octanol–water partition coefficient (Wildman–Crippen LogP) is 4.56. The molecule has 2 aromatic carbocycles. The number of hydrogen-bond acceptors (Lipinski definition) is 3. The summed E-state index contributed by atoms with van der Waals surface area (Å²) in [6.07, 6.45) is 3.58. The van der Waals surface area contributed by atoms with Gasteiger partial charge < -0.3 is 5.32 Å². The van der Waals surface area contributed by atoms with Crippen molar-refractivity contribution < 1.29 is 0 Å². The Hall–Kier alpha value is -2.85. The molecule has 1 aliphatic rings. The Morgan fingerprint density at radius 3 is 2.71 bits per heavy atom.